The molecule has 1 atom stereocenters. The molecule has 2 aromatic heterocycles. The summed E-state index contributed by atoms with van der Waals surface area (Å²) in [5.41, 5.74) is 2.27. The van der Waals surface area contributed by atoms with Gasteiger partial charge in [0, 0.05) is 18.7 Å². The highest BCUT2D eigenvalue weighted by atomic mass is 32.2. The molecule has 0 spiro atoms. The Bertz CT molecular complexity index is 863. The number of nitrogens with zero attached hydrogens (tertiary/aromatic N) is 2. The van der Waals surface area contributed by atoms with Gasteiger partial charge in [0.15, 0.2) is 0 Å². The average Bonchev–Trinajstić information content (AvgIpc) is 2.74. The molecule has 0 aliphatic heterocycles. The van der Waals surface area contributed by atoms with Crippen molar-refractivity contribution >= 4 is 23.5 Å². The first-order valence-electron chi connectivity index (χ1n) is 8.49. The van der Waals surface area contributed by atoms with E-state index in [0.29, 0.717) is 11.8 Å². The van der Waals surface area contributed by atoms with Crippen molar-refractivity contribution in [3.05, 3.63) is 78.1 Å². The Hall–Kier alpha value is -2.18. The number of ether oxygens (including phenoxy) is 2. The van der Waals surface area contributed by atoms with E-state index < -0.39 is 0 Å². The lowest BCUT2D eigenvalue weighted by Crippen LogP contribution is -2.22. The third-order valence-electron chi connectivity index (χ3n) is 4.14. The number of methoxy groups -OCH3 is 2. The lowest BCUT2D eigenvalue weighted by atomic mass is 10.1. The Morgan fingerprint density at radius 3 is 2.33 bits per heavy atom. The normalized spacial score (nSPS) is 13.0. The number of thioether (sulfide) groups is 2. The molecule has 27 heavy (non-hydrogen) atoms. The van der Waals surface area contributed by atoms with E-state index in [2.05, 4.69) is 46.6 Å². The minimum Gasteiger partial charge on any atom is -0.481 e. The maximum atomic E-state index is 5.52. The van der Waals surface area contributed by atoms with Crippen LogP contribution in [-0.2, 0) is 10.5 Å². The molecule has 4 nitrogen and oxygen atoms in total. The predicted molar refractivity (Wildman–Crippen MR) is 113 cm³/mol. The highest BCUT2D eigenvalue weighted by Crippen LogP contribution is 2.52. The van der Waals surface area contributed by atoms with Crippen LogP contribution in [0, 0.1) is 0 Å². The van der Waals surface area contributed by atoms with E-state index in [4.69, 9.17) is 9.47 Å². The summed E-state index contributed by atoms with van der Waals surface area (Å²) >= 11 is 3.49. The van der Waals surface area contributed by atoms with E-state index in [-0.39, 0.29) is 4.08 Å². The van der Waals surface area contributed by atoms with Crippen LogP contribution in [0.4, 0.5) is 0 Å². The van der Waals surface area contributed by atoms with Crippen LogP contribution in [0.25, 0.3) is 0 Å². The van der Waals surface area contributed by atoms with Crippen LogP contribution in [0.2, 0.25) is 0 Å². The molecule has 1 aromatic carbocycles. The molecule has 3 aromatic rings. The first kappa shape index (κ1) is 19.6. The second kappa shape index (κ2) is 9.15. The third-order valence-corrected chi connectivity index (χ3v) is 7.12. The minimum absolute atomic E-state index is 0.313. The molecule has 140 valence electrons. The first-order valence-corrected chi connectivity index (χ1v) is 10.5. The molecule has 0 saturated heterocycles. The minimum atomic E-state index is -0.313. The Labute approximate surface area is 168 Å². The molecule has 0 saturated carbocycles. The summed E-state index contributed by atoms with van der Waals surface area (Å²) in [6.45, 7) is 0. The average molecular weight is 399 g/mol. The Kier molecular flexibility index (Phi) is 6.63. The van der Waals surface area contributed by atoms with Crippen molar-refractivity contribution in [2.24, 2.45) is 0 Å². The van der Waals surface area contributed by atoms with Gasteiger partial charge in [0.05, 0.1) is 24.8 Å². The monoisotopic (exact) mass is 398 g/mol. The molecule has 3 rings (SSSR count). The molecule has 0 aliphatic rings. The van der Waals surface area contributed by atoms with Crippen LogP contribution in [0.5, 0.6) is 11.8 Å². The van der Waals surface area contributed by atoms with Crippen molar-refractivity contribution in [3.8, 4) is 11.8 Å². The SMILES string of the molecule is COc1ccc(SC(Cc2ccccc2)(SC)c2ccccn2)c(OC)n1. The molecule has 2 heterocycles. The van der Waals surface area contributed by atoms with Crippen molar-refractivity contribution in [1.82, 2.24) is 9.97 Å². The van der Waals surface area contributed by atoms with Gasteiger partial charge in [-0.1, -0.05) is 48.2 Å². The predicted octanol–water partition coefficient (Wildman–Crippen LogP) is 5.04. The summed E-state index contributed by atoms with van der Waals surface area (Å²) in [4.78, 5) is 10.1. The topological polar surface area (TPSA) is 44.2 Å². The summed E-state index contributed by atoms with van der Waals surface area (Å²) in [5, 5.41) is 0. The fourth-order valence-corrected chi connectivity index (χ4v) is 5.19. The molecule has 0 bridgehead atoms. The molecule has 6 heteroatoms. The summed E-state index contributed by atoms with van der Waals surface area (Å²) in [5.74, 6) is 1.09. The standard InChI is InChI=1S/C21H22N2O2S2/c1-24-19-13-12-17(20(23-19)25-2)27-21(26-3,18-11-7-8-14-22-18)15-16-9-5-4-6-10-16/h4-14H,15H2,1-3H3. The zero-order valence-corrected chi connectivity index (χ0v) is 17.2. The largest absolute Gasteiger partial charge is 0.481 e. The fraction of sp³-hybridized carbons (Fsp3) is 0.238. The fourth-order valence-electron chi connectivity index (χ4n) is 2.78. The van der Waals surface area contributed by atoms with E-state index >= 15 is 0 Å². The van der Waals surface area contributed by atoms with Gasteiger partial charge in [0.2, 0.25) is 11.8 Å². The second-order valence-electron chi connectivity index (χ2n) is 5.80. The van der Waals surface area contributed by atoms with Crippen LogP contribution in [0.1, 0.15) is 11.3 Å². The van der Waals surface area contributed by atoms with Gasteiger partial charge in [-0.3, -0.25) is 4.98 Å². The highest BCUT2D eigenvalue weighted by molar-refractivity contribution is 8.17. The Morgan fingerprint density at radius 1 is 0.926 bits per heavy atom. The van der Waals surface area contributed by atoms with E-state index in [1.807, 2.05) is 36.5 Å². The van der Waals surface area contributed by atoms with Crippen LogP contribution < -0.4 is 9.47 Å². The molecule has 0 amide bonds. The first-order chi connectivity index (χ1) is 13.2. The highest BCUT2D eigenvalue weighted by Gasteiger charge is 2.36. The van der Waals surface area contributed by atoms with Gasteiger partial charge in [-0.25, -0.2) is 0 Å². The lowest BCUT2D eigenvalue weighted by Gasteiger charge is -2.31. The molecule has 0 fully saturated rings. The summed E-state index contributed by atoms with van der Waals surface area (Å²) in [6.07, 6.45) is 4.79. The number of rotatable bonds is 8. The molecular formula is C21H22N2O2S2. The maximum Gasteiger partial charge on any atom is 0.230 e. The molecule has 0 N–H and O–H groups in total. The van der Waals surface area contributed by atoms with Gasteiger partial charge in [-0.15, -0.1) is 11.8 Å². The van der Waals surface area contributed by atoms with E-state index in [1.54, 1.807) is 37.7 Å². The third kappa shape index (κ3) is 4.57. The summed E-state index contributed by atoms with van der Waals surface area (Å²) in [7, 11) is 3.23. The molecular weight excluding hydrogens is 376 g/mol. The zero-order chi connectivity index (χ0) is 19.1. The van der Waals surface area contributed by atoms with Gasteiger partial charge >= 0.3 is 0 Å². The van der Waals surface area contributed by atoms with Gasteiger partial charge in [-0.2, -0.15) is 4.98 Å². The van der Waals surface area contributed by atoms with E-state index in [1.165, 1.54) is 5.56 Å². The Balaban J connectivity index is 2.04. The number of hydrogen-bond acceptors (Lipinski definition) is 6. The zero-order valence-electron chi connectivity index (χ0n) is 15.6. The van der Waals surface area contributed by atoms with Crippen molar-refractivity contribution in [2.75, 3.05) is 20.5 Å². The number of aromatic nitrogens is 2. The number of pyridine rings is 2. The van der Waals surface area contributed by atoms with Crippen molar-refractivity contribution in [1.29, 1.82) is 0 Å². The Morgan fingerprint density at radius 2 is 1.70 bits per heavy atom. The van der Waals surface area contributed by atoms with Gasteiger partial charge in [0.1, 0.15) is 4.08 Å². The van der Waals surface area contributed by atoms with E-state index in [9.17, 15) is 0 Å². The van der Waals surface area contributed by atoms with Crippen LogP contribution in [0.15, 0.2) is 71.8 Å². The van der Waals surface area contributed by atoms with Crippen molar-refractivity contribution in [3.63, 3.8) is 0 Å². The number of benzene rings is 1. The van der Waals surface area contributed by atoms with Crippen LogP contribution >= 0.6 is 23.5 Å². The smallest absolute Gasteiger partial charge is 0.230 e. The number of hydrogen-bond donors (Lipinski definition) is 0. The molecule has 0 radical (unpaired) electrons. The molecule has 1 unspecified atom stereocenters. The summed E-state index contributed by atoms with van der Waals surface area (Å²) in [6, 6.07) is 20.4. The van der Waals surface area contributed by atoms with Gasteiger partial charge in [-0.05, 0) is 30.0 Å². The maximum absolute atomic E-state index is 5.52. The summed E-state index contributed by atoms with van der Waals surface area (Å²) < 4.78 is 10.4. The van der Waals surface area contributed by atoms with E-state index in [0.717, 1.165) is 17.0 Å². The van der Waals surface area contributed by atoms with Crippen molar-refractivity contribution < 1.29 is 9.47 Å². The van der Waals surface area contributed by atoms with Crippen molar-refractivity contribution in [2.45, 2.75) is 15.4 Å². The van der Waals surface area contributed by atoms with Gasteiger partial charge in [0.25, 0.3) is 0 Å². The van der Waals surface area contributed by atoms with Crippen LogP contribution in [-0.4, -0.2) is 30.4 Å². The second-order valence-corrected chi connectivity index (χ2v) is 8.50. The lowest BCUT2D eigenvalue weighted by molar-refractivity contribution is 0.357. The molecule has 0 aliphatic carbocycles. The quantitative estimate of drug-likeness (QED) is 0.391. The van der Waals surface area contributed by atoms with Gasteiger partial charge < -0.3 is 9.47 Å². The van der Waals surface area contributed by atoms with Crippen LogP contribution in [0.3, 0.4) is 0 Å².